The van der Waals surface area contributed by atoms with Crippen LogP contribution in [0.3, 0.4) is 0 Å². The minimum Gasteiger partial charge on any atom is -0.494 e. The maximum absolute atomic E-state index is 13.0. The smallest absolute Gasteiger partial charge is 0.164 e. The van der Waals surface area contributed by atoms with E-state index in [0.29, 0.717) is 5.76 Å². The summed E-state index contributed by atoms with van der Waals surface area (Å²) in [6, 6.07) is 0. The van der Waals surface area contributed by atoms with E-state index in [4.69, 9.17) is 4.74 Å². The lowest BCUT2D eigenvalue weighted by atomic mass is 10.2. The average molecular weight is 154 g/mol. The highest BCUT2D eigenvalue weighted by Gasteiger charge is 2.05. The van der Waals surface area contributed by atoms with Crippen LogP contribution in [-0.2, 0) is 4.74 Å². The van der Waals surface area contributed by atoms with Crippen LogP contribution in [0.5, 0.6) is 0 Å². The predicted molar refractivity (Wildman–Crippen MR) is 42.7 cm³/mol. The molecule has 0 fully saturated rings. The number of hydrogen-bond acceptors (Lipinski definition) is 1. The molecule has 0 bridgehead atoms. The van der Waals surface area contributed by atoms with Crippen molar-refractivity contribution in [1.29, 1.82) is 0 Å². The second-order valence-corrected chi connectivity index (χ2v) is 2.45. The summed E-state index contributed by atoms with van der Waals surface area (Å²) in [7, 11) is 1.47. The van der Waals surface area contributed by atoms with Crippen molar-refractivity contribution in [3.63, 3.8) is 0 Å². The van der Waals surface area contributed by atoms with Gasteiger partial charge in [-0.2, -0.15) is 0 Å². The Bertz CT molecular complexity index is 236. The molecule has 1 rings (SSSR count). The highest BCUT2D eigenvalue weighted by molar-refractivity contribution is 5.32. The normalized spacial score (nSPS) is 17.9. The van der Waals surface area contributed by atoms with Gasteiger partial charge < -0.3 is 4.74 Å². The molecule has 0 spiro atoms. The fourth-order valence-electron chi connectivity index (χ4n) is 0.960. The zero-order chi connectivity index (χ0) is 8.27. The standard InChI is InChI=1S/C9H11FO/c1-7-4-3-5-9(11-2)8(10)6-7/h4-6H,3H2,1-2H3. The molecule has 0 aromatic carbocycles. The number of methoxy groups -OCH3 is 1. The van der Waals surface area contributed by atoms with Crippen molar-refractivity contribution in [1.82, 2.24) is 0 Å². The molecular weight excluding hydrogens is 143 g/mol. The van der Waals surface area contributed by atoms with E-state index in [1.54, 1.807) is 6.08 Å². The Kier molecular flexibility index (Phi) is 2.47. The summed E-state index contributed by atoms with van der Waals surface area (Å²) in [5.41, 5.74) is 0.936. The van der Waals surface area contributed by atoms with Gasteiger partial charge in [-0.3, -0.25) is 0 Å². The summed E-state index contributed by atoms with van der Waals surface area (Å²) in [5, 5.41) is 0. The molecule has 0 unspecified atom stereocenters. The van der Waals surface area contributed by atoms with E-state index in [0.717, 1.165) is 12.0 Å². The quantitative estimate of drug-likeness (QED) is 0.564. The summed E-state index contributed by atoms with van der Waals surface area (Å²) in [6.45, 7) is 1.87. The van der Waals surface area contributed by atoms with Crippen molar-refractivity contribution < 1.29 is 9.13 Å². The van der Waals surface area contributed by atoms with E-state index < -0.39 is 0 Å². The lowest BCUT2D eigenvalue weighted by molar-refractivity contribution is 0.282. The first-order valence-corrected chi connectivity index (χ1v) is 3.52. The van der Waals surface area contributed by atoms with Gasteiger partial charge in [0.2, 0.25) is 0 Å². The molecule has 0 saturated heterocycles. The molecule has 11 heavy (non-hydrogen) atoms. The Morgan fingerprint density at radius 1 is 1.45 bits per heavy atom. The van der Waals surface area contributed by atoms with Gasteiger partial charge in [-0.1, -0.05) is 11.6 Å². The largest absolute Gasteiger partial charge is 0.494 e. The summed E-state index contributed by atoms with van der Waals surface area (Å²) in [5.74, 6) is 0.0388. The first-order chi connectivity index (χ1) is 5.24. The molecule has 0 heterocycles. The molecule has 0 N–H and O–H groups in total. The number of halogens is 1. The van der Waals surface area contributed by atoms with Crippen LogP contribution in [0.25, 0.3) is 0 Å². The molecule has 1 aliphatic rings. The van der Waals surface area contributed by atoms with Gasteiger partial charge >= 0.3 is 0 Å². The van der Waals surface area contributed by atoms with Crippen LogP contribution in [0.4, 0.5) is 4.39 Å². The Morgan fingerprint density at radius 2 is 2.18 bits per heavy atom. The second-order valence-electron chi connectivity index (χ2n) is 2.45. The molecule has 1 aliphatic carbocycles. The zero-order valence-corrected chi connectivity index (χ0v) is 6.73. The Hall–Kier alpha value is -1.05. The fourth-order valence-corrected chi connectivity index (χ4v) is 0.960. The van der Waals surface area contributed by atoms with Crippen molar-refractivity contribution in [2.75, 3.05) is 7.11 Å². The maximum Gasteiger partial charge on any atom is 0.164 e. The molecule has 0 saturated carbocycles. The predicted octanol–water partition coefficient (Wildman–Crippen LogP) is 2.72. The molecule has 0 aromatic rings. The van der Waals surface area contributed by atoms with Crippen molar-refractivity contribution in [3.8, 4) is 0 Å². The van der Waals surface area contributed by atoms with Crippen molar-refractivity contribution >= 4 is 0 Å². The van der Waals surface area contributed by atoms with Gasteiger partial charge in [-0.15, -0.1) is 0 Å². The topological polar surface area (TPSA) is 9.23 Å². The zero-order valence-electron chi connectivity index (χ0n) is 6.73. The third kappa shape index (κ3) is 1.93. The van der Waals surface area contributed by atoms with E-state index >= 15 is 0 Å². The monoisotopic (exact) mass is 154 g/mol. The van der Waals surface area contributed by atoms with Gasteiger partial charge in [-0.05, 0) is 25.5 Å². The minimum absolute atomic E-state index is 0.293. The lowest BCUT2D eigenvalue weighted by Crippen LogP contribution is -1.85. The molecule has 1 nitrogen and oxygen atoms in total. The highest BCUT2D eigenvalue weighted by atomic mass is 19.1. The summed E-state index contributed by atoms with van der Waals surface area (Å²) >= 11 is 0. The fraction of sp³-hybridized carbons (Fsp3) is 0.333. The Balaban J connectivity index is 2.88. The molecule has 0 aliphatic heterocycles. The van der Waals surface area contributed by atoms with Gasteiger partial charge in [0.1, 0.15) is 0 Å². The van der Waals surface area contributed by atoms with Crippen LogP contribution in [-0.4, -0.2) is 7.11 Å². The van der Waals surface area contributed by atoms with E-state index in [2.05, 4.69) is 0 Å². The summed E-state index contributed by atoms with van der Waals surface area (Å²) in [4.78, 5) is 0. The van der Waals surface area contributed by atoms with E-state index in [-0.39, 0.29) is 5.83 Å². The van der Waals surface area contributed by atoms with Gasteiger partial charge in [0.25, 0.3) is 0 Å². The summed E-state index contributed by atoms with van der Waals surface area (Å²) in [6.07, 6.45) is 5.88. The van der Waals surface area contributed by atoms with E-state index in [1.165, 1.54) is 13.2 Å². The average Bonchev–Trinajstić information content (AvgIpc) is 2.11. The highest BCUT2D eigenvalue weighted by Crippen LogP contribution is 2.19. The second kappa shape index (κ2) is 3.37. The number of allylic oxidation sites excluding steroid dienone is 5. The van der Waals surface area contributed by atoms with Crippen LogP contribution in [0.15, 0.2) is 35.4 Å². The maximum atomic E-state index is 13.0. The number of ether oxygens (including phenoxy) is 1. The van der Waals surface area contributed by atoms with Gasteiger partial charge in [0.05, 0.1) is 7.11 Å². The van der Waals surface area contributed by atoms with Crippen LogP contribution in [0.2, 0.25) is 0 Å². The van der Waals surface area contributed by atoms with Gasteiger partial charge in [0.15, 0.2) is 11.6 Å². The SMILES string of the molecule is COC1=CCC=C(C)C=C1F. The molecule has 0 atom stereocenters. The van der Waals surface area contributed by atoms with Crippen LogP contribution < -0.4 is 0 Å². The van der Waals surface area contributed by atoms with Crippen LogP contribution >= 0.6 is 0 Å². The van der Waals surface area contributed by atoms with Gasteiger partial charge in [0, 0.05) is 0 Å². The van der Waals surface area contributed by atoms with Crippen LogP contribution in [0, 0.1) is 0 Å². The number of rotatable bonds is 1. The van der Waals surface area contributed by atoms with E-state index in [9.17, 15) is 4.39 Å². The van der Waals surface area contributed by atoms with Crippen LogP contribution in [0.1, 0.15) is 13.3 Å². The molecule has 0 radical (unpaired) electrons. The minimum atomic E-state index is -0.293. The first-order valence-electron chi connectivity index (χ1n) is 3.52. The molecule has 60 valence electrons. The Morgan fingerprint density at radius 3 is 2.82 bits per heavy atom. The number of hydrogen-bond donors (Lipinski definition) is 0. The van der Waals surface area contributed by atoms with Crippen molar-refractivity contribution in [2.45, 2.75) is 13.3 Å². The van der Waals surface area contributed by atoms with Crippen molar-refractivity contribution in [3.05, 3.63) is 35.4 Å². The molecular formula is C9H11FO. The van der Waals surface area contributed by atoms with Crippen molar-refractivity contribution in [2.24, 2.45) is 0 Å². The Labute approximate surface area is 65.9 Å². The molecule has 0 amide bonds. The first kappa shape index (κ1) is 8.05. The van der Waals surface area contributed by atoms with Gasteiger partial charge in [-0.25, -0.2) is 4.39 Å². The van der Waals surface area contributed by atoms with E-state index in [1.807, 2.05) is 13.0 Å². The lowest BCUT2D eigenvalue weighted by Gasteiger charge is -2.00. The molecule has 2 heteroatoms. The summed E-state index contributed by atoms with van der Waals surface area (Å²) < 4.78 is 17.8. The third-order valence-electron chi connectivity index (χ3n) is 1.55. The third-order valence-corrected chi connectivity index (χ3v) is 1.55. The molecule has 0 aromatic heterocycles.